The molecule has 0 saturated heterocycles. The summed E-state index contributed by atoms with van der Waals surface area (Å²) in [5, 5.41) is 3.27. The Morgan fingerprint density at radius 1 is 1.53 bits per heavy atom. The first kappa shape index (κ1) is 10.4. The number of rotatable bonds is 3. The topological polar surface area (TPSA) is 73.2 Å². The minimum atomic E-state index is -0.338. The van der Waals surface area contributed by atoms with E-state index < -0.39 is 0 Å². The molecule has 0 bridgehead atoms. The molecule has 1 aliphatic rings. The normalized spacial score (nSPS) is 17.3. The summed E-state index contributed by atoms with van der Waals surface area (Å²) >= 11 is 0. The van der Waals surface area contributed by atoms with Crippen molar-refractivity contribution in [2.45, 2.75) is 18.4 Å². The first-order valence-corrected chi connectivity index (χ1v) is 5.70. The molecule has 1 heterocycles. The number of nitrogens with one attached hydrogen (secondary N) is 1. The van der Waals surface area contributed by atoms with Gasteiger partial charge in [0.2, 0.25) is 0 Å². The van der Waals surface area contributed by atoms with Crippen molar-refractivity contribution in [1.82, 2.24) is 4.57 Å². The van der Waals surface area contributed by atoms with Crippen LogP contribution in [0.25, 0.3) is 11.1 Å². The number of fused-ring (bicyclic) bond motifs is 1. The maximum atomic E-state index is 11.3. The highest BCUT2D eigenvalue weighted by Gasteiger charge is 2.37. The lowest BCUT2D eigenvalue weighted by Gasteiger charge is -2.11. The summed E-state index contributed by atoms with van der Waals surface area (Å²) in [6.45, 7) is 0.759. The van der Waals surface area contributed by atoms with Gasteiger partial charge in [-0.15, -0.1) is 0 Å². The zero-order valence-electron chi connectivity index (χ0n) is 9.69. The quantitative estimate of drug-likeness (QED) is 0.830. The van der Waals surface area contributed by atoms with Gasteiger partial charge in [0.05, 0.1) is 5.52 Å². The summed E-state index contributed by atoms with van der Waals surface area (Å²) in [5.74, 6) is -0.338. The number of nitrogens with two attached hydrogens (primary N) is 1. The second-order valence-electron chi connectivity index (χ2n) is 4.83. The van der Waals surface area contributed by atoms with Crippen LogP contribution in [0.1, 0.15) is 12.8 Å². The fraction of sp³-hybridized carbons (Fsp3) is 0.417. The minimum absolute atomic E-state index is 0.0352. The number of aromatic nitrogens is 1. The zero-order valence-corrected chi connectivity index (χ0v) is 9.69. The van der Waals surface area contributed by atoms with Crippen LogP contribution >= 0.6 is 0 Å². The summed E-state index contributed by atoms with van der Waals surface area (Å²) in [6, 6.07) is 5.64. The van der Waals surface area contributed by atoms with Crippen molar-refractivity contribution in [3.05, 3.63) is 28.7 Å². The molecule has 5 nitrogen and oxygen atoms in total. The van der Waals surface area contributed by atoms with Gasteiger partial charge in [0.1, 0.15) is 0 Å². The fourth-order valence-corrected chi connectivity index (χ4v) is 1.86. The second kappa shape index (κ2) is 3.37. The number of aryl methyl sites for hydroxylation is 1. The lowest BCUT2D eigenvalue weighted by Crippen LogP contribution is -2.30. The molecule has 0 aliphatic heterocycles. The highest BCUT2D eigenvalue weighted by atomic mass is 16.4. The van der Waals surface area contributed by atoms with E-state index in [1.807, 2.05) is 18.2 Å². The van der Waals surface area contributed by atoms with E-state index in [9.17, 15) is 4.79 Å². The smallest absolute Gasteiger partial charge is 0.408 e. The Labute approximate surface area is 98.2 Å². The number of nitrogens with zero attached hydrogens (tertiary/aromatic N) is 1. The molecule has 5 heteroatoms. The molecule has 1 aromatic heterocycles. The maximum Gasteiger partial charge on any atom is 0.419 e. The molecular formula is C12H15N3O2. The van der Waals surface area contributed by atoms with Crippen molar-refractivity contribution in [3.63, 3.8) is 0 Å². The number of oxazole rings is 1. The molecule has 3 N–H and O–H groups in total. The average Bonchev–Trinajstić information content (AvgIpc) is 2.98. The van der Waals surface area contributed by atoms with Crippen LogP contribution < -0.4 is 16.8 Å². The maximum absolute atomic E-state index is 11.3. The summed E-state index contributed by atoms with van der Waals surface area (Å²) in [7, 11) is 1.69. The Bertz CT molecular complexity index is 622. The molecule has 0 spiro atoms. The van der Waals surface area contributed by atoms with Gasteiger partial charge in [-0.25, -0.2) is 4.79 Å². The third kappa shape index (κ3) is 1.82. The summed E-state index contributed by atoms with van der Waals surface area (Å²) in [5.41, 5.74) is 8.30. The predicted octanol–water partition coefficient (Wildman–Crippen LogP) is 1.03. The van der Waals surface area contributed by atoms with Gasteiger partial charge in [-0.3, -0.25) is 4.57 Å². The highest BCUT2D eigenvalue weighted by molar-refractivity contribution is 5.77. The molecule has 0 unspecified atom stereocenters. The zero-order chi connectivity index (χ0) is 12.0. The lowest BCUT2D eigenvalue weighted by atomic mass is 10.2. The van der Waals surface area contributed by atoms with E-state index in [-0.39, 0.29) is 11.3 Å². The van der Waals surface area contributed by atoms with Gasteiger partial charge in [0.25, 0.3) is 0 Å². The van der Waals surface area contributed by atoms with Crippen LogP contribution in [0.3, 0.4) is 0 Å². The average molecular weight is 233 g/mol. The van der Waals surface area contributed by atoms with Crippen molar-refractivity contribution >= 4 is 16.8 Å². The predicted molar refractivity (Wildman–Crippen MR) is 66.1 cm³/mol. The Morgan fingerprint density at radius 2 is 2.29 bits per heavy atom. The Balaban J connectivity index is 1.88. The van der Waals surface area contributed by atoms with Crippen LogP contribution in [-0.2, 0) is 7.05 Å². The van der Waals surface area contributed by atoms with Gasteiger partial charge in [-0.1, -0.05) is 0 Å². The van der Waals surface area contributed by atoms with Crippen molar-refractivity contribution in [1.29, 1.82) is 0 Å². The Hall–Kier alpha value is -1.75. The van der Waals surface area contributed by atoms with Crippen molar-refractivity contribution in [2.75, 3.05) is 11.9 Å². The Morgan fingerprint density at radius 3 is 3.00 bits per heavy atom. The molecule has 3 rings (SSSR count). The summed E-state index contributed by atoms with van der Waals surface area (Å²) in [6.07, 6.45) is 2.14. The van der Waals surface area contributed by atoms with Gasteiger partial charge in [0, 0.05) is 30.9 Å². The minimum Gasteiger partial charge on any atom is -0.408 e. The molecule has 1 aliphatic carbocycles. The second-order valence-corrected chi connectivity index (χ2v) is 4.83. The van der Waals surface area contributed by atoms with E-state index in [0.717, 1.165) is 30.6 Å². The number of hydrogen-bond donors (Lipinski definition) is 2. The SMILES string of the molecule is Cn1c(=O)oc2cc(NCC3(N)CC3)ccc21. The fourth-order valence-electron chi connectivity index (χ4n) is 1.86. The van der Waals surface area contributed by atoms with Crippen LogP contribution in [0.15, 0.2) is 27.4 Å². The van der Waals surface area contributed by atoms with Crippen LogP contribution in [0.4, 0.5) is 5.69 Å². The monoisotopic (exact) mass is 233 g/mol. The molecule has 0 amide bonds. The molecule has 1 saturated carbocycles. The largest absolute Gasteiger partial charge is 0.419 e. The number of hydrogen-bond acceptors (Lipinski definition) is 4. The summed E-state index contributed by atoms with van der Waals surface area (Å²) < 4.78 is 6.61. The van der Waals surface area contributed by atoms with Crippen LogP contribution in [0.2, 0.25) is 0 Å². The third-order valence-electron chi connectivity index (χ3n) is 3.33. The van der Waals surface area contributed by atoms with E-state index >= 15 is 0 Å². The first-order valence-electron chi connectivity index (χ1n) is 5.70. The van der Waals surface area contributed by atoms with Gasteiger partial charge in [-0.2, -0.15) is 0 Å². The van der Waals surface area contributed by atoms with Crippen molar-refractivity contribution < 1.29 is 4.42 Å². The van der Waals surface area contributed by atoms with E-state index in [1.165, 1.54) is 4.57 Å². The van der Waals surface area contributed by atoms with Gasteiger partial charge in [-0.05, 0) is 25.0 Å². The van der Waals surface area contributed by atoms with Gasteiger partial charge >= 0.3 is 5.76 Å². The van der Waals surface area contributed by atoms with Crippen LogP contribution in [0.5, 0.6) is 0 Å². The number of benzene rings is 1. The van der Waals surface area contributed by atoms with Crippen molar-refractivity contribution in [3.8, 4) is 0 Å². The van der Waals surface area contributed by atoms with Gasteiger partial charge < -0.3 is 15.5 Å². The van der Waals surface area contributed by atoms with Crippen LogP contribution in [0, 0.1) is 0 Å². The van der Waals surface area contributed by atoms with E-state index in [0.29, 0.717) is 5.58 Å². The third-order valence-corrected chi connectivity index (χ3v) is 3.33. The van der Waals surface area contributed by atoms with E-state index in [2.05, 4.69) is 5.32 Å². The Kier molecular flexibility index (Phi) is 2.06. The first-order chi connectivity index (χ1) is 8.07. The molecular weight excluding hydrogens is 218 g/mol. The molecule has 0 radical (unpaired) electrons. The lowest BCUT2D eigenvalue weighted by molar-refractivity contribution is 0.528. The van der Waals surface area contributed by atoms with Crippen LogP contribution in [-0.4, -0.2) is 16.7 Å². The van der Waals surface area contributed by atoms with E-state index in [1.54, 1.807) is 7.05 Å². The standard InChI is InChI=1S/C12H15N3O2/c1-15-9-3-2-8(6-10(9)17-11(15)16)14-7-12(13)4-5-12/h2-3,6,14H,4-5,7,13H2,1H3. The molecule has 1 fully saturated rings. The highest BCUT2D eigenvalue weighted by Crippen LogP contribution is 2.32. The molecule has 17 heavy (non-hydrogen) atoms. The molecule has 2 aromatic rings. The van der Waals surface area contributed by atoms with Crippen molar-refractivity contribution in [2.24, 2.45) is 12.8 Å². The summed E-state index contributed by atoms with van der Waals surface area (Å²) in [4.78, 5) is 11.3. The number of anilines is 1. The molecule has 0 atom stereocenters. The van der Waals surface area contributed by atoms with E-state index in [4.69, 9.17) is 10.2 Å². The molecule has 1 aromatic carbocycles. The van der Waals surface area contributed by atoms with Gasteiger partial charge in [0.15, 0.2) is 5.58 Å². The molecule has 90 valence electrons.